The molecule has 0 radical (unpaired) electrons. The van der Waals surface area contributed by atoms with E-state index < -0.39 is 0 Å². The highest BCUT2D eigenvalue weighted by Gasteiger charge is 2.29. The Kier molecular flexibility index (Phi) is 4.32. The quantitative estimate of drug-likeness (QED) is 0.787. The van der Waals surface area contributed by atoms with E-state index in [0.29, 0.717) is 13.1 Å². The lowest BCUT2D eigenvalue weighted by molar-refractivity contribution is -0.124. The van der Waals surface area contributed by atoms with Gasteiger partial charge in [0.25, 0.3) is 0 Å². The summed E-state index contributed by atoms with van der Waals surface area (Å²) in [4.78, 5) is 19.2. The van der Waals surface area contributed by atoms with Crippen molar-refractivity contribution in [3.8, 4) is 11.3 Å². The van der Waals surface area contributed by atoms with Crippen LogP contribution in [0.15, 0.2) is 42.5 Å². The van der Waals surface area contributed by atoms with Crippen molar-refractivity contribution >= 4 is 17.4 Å². The van der Waals surface area contributed by atoms with Crippen molar-refractivity contribution in [3.05, 3.63) is 48.2 Å². The molecule has 134 valence electrons. The van der Waals surface area contributed by atoms with Gasteiger partial charge in [0, 0.05) is 37.3 Å². The first-order chi connectivity index (χ1) is 12.7. The summed E-state index contributed by atoms with van der Waals surface area (Å²) in [5, 5.41) is 7.55. The monoisotopic (exact) mass is 349 g/mol. The number of fused-ring (bicyclic) bond motifs is 1. The molecule has 3 heterocycles. The van der Waals surface area contributed by atoms with Crippen LogP contribution >= 0.6 is 0 Å². The van der Waals surface area contributed by atoms with Gasteiger partial charge in [-0.05, 0) is 20.3 Å². The first kappa shape index (κ1) is 16.6. The number of rotatable bonds is 4. The van der Waals surface area contributed by atoms with Crippen molar-refractivity contribution < 1.29 is 4.79 Å². The molecular weight excluding hydrogens is 326 g/mol. The van der Waals surface area contributed by atoms with Gasteiger partial charge in [-0.3, -0.25) is 4.79 Å². The Balaban J connectivity index is 1.73. The number of nitrogens with zero attached hydrogens (tertiary/aromatic N) is 4. The smallest absolute Gasteiger partial charge is 0.224 e. The minimum atomic E-state index is 0.0231. The standard InChI is InChI=1S/C20H23N5O/c1-3-21-20(26)16-9-10-24(13-16)19-12-17(15-7-5-4-6-8-15)22-18-11-14(2)23-25(18)19/h4-8,11-12,16H,3,9-10,13H2,1-2H3,(H,21,26)/t16-/m1/s1. The van der Waals surface area contributed by atoms with E-state index in [-0.39, 0.29) is 11.8 Å². The summed E-state index contributed by atoms with van der Waals surface area (Å²) in [5.74, 6) is 1.16. The molecule has 0 unspecified atom stereocenters. The van der Waals surface area contributed by atoms with Gasteiger partial charge in [0.15, 0.2) is 5.65 Å². The molecule has 1 fully saturated rings. The van der Waals surface area contributed by atoms with Gasteiger partial charge in [0.2, 0.25) is 5.91 Å². The number of hydrogen-bond acceptors (Lipinski definition) is 4. The zero-order chi connectivity index (χ0) is 18.1. The van der Waals surface area contributed by atoms with E-state index in [1.807, 2.05) is 42.6 Å². The lowest BCUT2D eigenvalue weighted by Gasteiger charge is -2.20. The number of amides is 1. The number of carbonyl (C=O) groups is 1. The van der Waals surface area contributed by atoms with Crippen molar-refractivity contribution in [3.63, 3.8) is 0 Å². The third-order valence-corrected chi connectivity index (χ3v) is 4.83. The fourth-order valence-corrected chi connectivity index (χ4v) is 3.56. The second-order valence-corrected chi connectivity index (χ2v) is 6.75. The number of anilines is 1. The van der Waals surface area contributed by atoms with E-state index in [0.717, 1.165) is 41.4 Å². The zero-order valence-electron chi connectivity index (χ0n) is 15.1. The van der Waals surface area contributed by atoms with Crippen molar-refractivity contribution in [2.45, 2.75) is 20.3 Å². The highest BCUT2D eigenvalue weighted by molar-refractivity contribution is 5.80. The summed E-state index contributed by atoms with van der Waals surface area (Å²) in [6, 6.07) is 14.2. The van der Waals surface area contributed by atoms with E-state index in [2.05, 4.69) is 33.5 Å². The third kappa shape index (κ3) is 3.03. The maximum absolute atomic E-state index is 12.2. The topological polar surface area (TPSA) is 62.5 Å². The molecular formula is C20H23N5O. The van der Waals surface area contributed by atoms with Gasteiger partial charge in [-0.1, -0.05) is 30.3 Å². The third-order valence-electron chi connectivity index (χ3n) is 4.83. The molecule has 6 nitrogen and oxygen atoms in total. The Morgan fingerprint density at radius 1 is 1.27 bits per heavy atom. The summed E-state index contributed by atoms with van der Waals surface area (Å²) in [6.07, 6.45) is 0.858. The number of nitrogens with one attached hydrogen (secondary N) is 1. The first-order valence-electron chi connectivity index (χ1n) is 9.11. The molecule has 1 amide bonds. The van der Waals surface area contributed by atoms with Gasteiger partial charge < -0.3 is 10.2 Å². The molecule has 1 N–H and O–H groups in total. The molecule has 1 atom stereocenters. The minimum absolute atomic E-state index is 0.0231. The lowest BCUT2D eigenvalue weighted by atomic mass is 10.1. The Morgan fingerprint density at radius 2 is 2.08 bits per heavy atom. The number of aromatic nitrogens is 3. The number of benzene rings is 1. The molecule has 0 spiro atoms. The van der Waals surface area contributed by atoms with Crippen LogP contribution < -0.4 is 10.2 Å². The Labute approximate surface area is 152 Å². The lowest BCUT2D eigenvalue weighted by Crippen LogP contribution is -2.33. The van der Waals surface area contributed by atoms with Crippen LogP contribution in [0.1, 0.15) is 19.0 Å². The van der Waals surface area contributed by atoms with E-state index in [1.165, 1.54) is 0 Å². The summed E-state index contributed by atoms with van der Waals surface area (Å²) in [7, 11) is 0. The fraction of sp³-hybridized carbons (Fsp3) is 0.350. The van der Waals surface area contributed by atoms with E-state index in [1.54, 1.807) is 0 Å². The van der Waals surface area contributed by atoms with E-state index in [9.17, 15) is 4.79 Å². The highest BCUT2D eigenvalue weighted by atomic mass is 16.1. The van der Waals surface area contributed by atoms with Crippen LogP contribution in [0.25, 0.3) is 16.9 Å². The molecule has 1 saturated heterocycles. The van der Waals surface area contributed by atoms with Gasteiger partial charge >= 0.3 is 0 Å². The normalized spacial score (nSPS) is 17.0. The SMILES string of the molecule is CCNC(=O)[C@@H]1CCN(c2cc(-c3ccccc3)nc3cc(C)nn23)C1. The molecule has 3 aromatic rings. The maximum Gasteiger partial charge on any atom is 0.224 e. The van der Waals surface area contributed by atoms with Crippen LogP contribution in [0.3, 0.4) is 0 Å². The Bertz CT molecular complexity index is 934. The summed E-state index contributed by atoms with van der Waals surface area (Å²) in [5.41, 5.74) is 3.77. The first-order valence-corrected chi connectivity index (χ1v) is 9.11. The van der Waals surface area contributed by atoms with Crippen LogP contribution in [-0.2, 0) is 4.79 Å². The van der Waals surface area contributed by atoms with Crippen molar-refractivity contribution in [1.29, 1.82) is 0 Å². The summed E-state index contributed by atoms with van der Waals surface area (Å²) >= 11 is 0. The number of hydrogen-bond donors (Lipinski definition) is 1. The molecule has 0 aliphatic carbocycles. The molecule has 0 bridgehead atoms. The zero-order valence-corrected chi connectivity index (χ0v) is 15.1. The molecule has 1 aliphatic heterocycles. The minimum Gasteiger partial charge on any atom is -0.356 e. The largest absolute Gasteiger partial charge is 0.356 e. The number of carbonyl (C=O) groups excluding carboxylic acids is 1. The summed E-state index contributed by atoms with van der Waals surface area (Å²) in [6.45, 7) is 6.15. The second kappa shape index (κ2) is 6.78. The van der Waals surface area contributed by atoms with Crippen LogP contribution in [0.4, 0.5) is 5.82 Å². The molecule has 1 aromatic carbocycles. The Hall–Kier alpha value is -2.89. The van der Waals surface area contributed by atoms with E-state index >= 15 is 0 Å². The predicted molar refractivity (Wildman–Crippen MR) is 102 cm³/mol. The molecule has 6 heteroatoms. The highest BCUT2D eigenvalue weighted by Crippen LogP contribution is 2.28. The average Bonchev–Trinajstić information content (AvgIpc) is 3.27. The van der Waals surface area contributed by atoms with Crippen LogP contribution in [-0.4, -0.2) is 40.1 Å². The van der Waals surface area contributed by atoms with Gasteiger partial charge in [-0.15, -0.1) is 0 Å². The van der Waals surface area contributed by atoms with Crippen LogP contribution in [0.2, 0.25) is 0 Å². The second-order valence-electron chi connectivity index (χ2n) is 6.75. The van der Waals surface area contributed by atoms with E-state index in [4.69, 9.17) is 4.98 Å². The van der Waals surface area contributed by atoms with Crippen LogP contribution in [0, 0.1) is 12.8 Å². The van der Waals surface area contributed by atoms with Gasteiger partial charge in [0.1, 0.15) is 5.82 Å². The van der Waals surface area contributed by atoms with Crippen molar-refractivity contribution in [2.75, 3.05) is 24.5 Å². The van der Waals surface area contributed by atoms with Crippen molar-refractivity contribution in [1.82, 2.24) is 19.9 Å². The fourth-order valence-electron chi connectivity index (χ4n) is 3.56. The average molecular weight is 349 g/mol. The maximum atomic E-state index is 12.2. The molecule has 2 aromatic heterocycles. The predicted octanol–water partition coefficient (Wildman–Crippen LogP) is 2.67. The Morgan fingerprint density at radius 3 is 2.85 bits per heavy atom. The van der Waals surface area contributed by atoms with Gasteiger partial charge in [-0.2, -0.15) is 9.61 Å². The molecule has 4 rings (SSSR count). The van der Waals surface area contributed by atoms with Gasteiger partial charge in [0.05, 0.1) is 17.3 Å². The van der Waals surface area contributed by atoms with Crippen LogP contribution in [0.5, 0.6) is 0 Å². The number of aryl methyl sites for hydroxylation is 1. The van der Waals surface area contributed by atoms with Crippen molar-refractivity contribution in [2.24, 2.45) is 5.92 Å². The molecule has 26 heavy (non-hydrogen) atoms. The molecule has 0 saturated carbocycles. The summed E-state index contributed by atoms with van der Waals surface area (Å²) < 4.78 is 1.89. The molecule has 1 aliphatic rings. The van der Waals surface area contributed by atoms with Gasteiger partial charge in [-0.25, -0.2) is 4.98 Å².